The Labute approximate surface area is 117 Å². The molecule has 1 fully saturated rings. The number of aryl methyl sites for hydroxylation is 1. The van der Waals surface area contributed by atoms with Gasteiger partial charge in [-0.3, -0.25) is 4.57 Å². The predicted octanol–water partition coefficient (Wildman–Crippen LogP) is 2.04. The minimum absolute atomic E-state index is 0.0678. The van der Waals surface area contributed by atoms with Gasteiger partial charge in [0.2, 0.25) is 0 Å². The lowest BCUT2D eigenvalue weighted by Gasteiger charge is -2.17. The fourth-order valence-corrected chi connectivity index (χ4v) is 2.83. The Bertz CT molecular complexity index is 653. The highest BCUT2D eigenvalue weighted by Gasteiger charge is 2.24. The van der Waals surface area contributed by atoms with Crippen LogP contribution in [-0.2, 0) is 11.3 Å². The molecule has 0 saturated carbocycles. The van der Waals surface area contributed by atoms with Gasteiger partial charge in [-0.2, -0.15) is 0 Å². The highest BCUT2D eigenvalue weighted by Crippen LogP contribution is 2.28. The molecule has 1 saturated heterocycles. The fraction of sp³-hybridized carbons (Fsp3) is 0.533. The maximum absolute atomic E-state index is 11.8. The van der Waals surface area contributed by atoms with E-state index in [-0.39, 0.29) is 11.8 Å². The first kappa shape index (κ1) is 13.4. The monoisotopic (exact) mass is 276 g/mol. The summed E-state index contributed by atoms with van der Waals surface area (Å²) in [7, 11) is 0. The molecule has 0 amide bonds. The fourth-order valence-electron chi connectivity index (χ4n) is 2.83. The van der Waals surface area contributed by atoms with Crippen LogP contribution >= 0.6 is 0 Å². The number of nitrogens with zero attached hydrogens (tertiary/aromatic N) is 1. The molecule has 0 spiro atoms. The summed E-state index contributed by atoms with van der Waals surface area (Å²) in [6.45, 7) is 4.20. The van der Waals surface area contributed by atoms with E-state index in [4.69, 9.17) is 14.9 Å². The van der Waals surface area contributed by atoms with Crippen molar-refractivity contribution < 1.29 is 9.15 Å². The minimum atomic E-state index is -0.295. The predicted molar refractivity (Wildman–Crippen MR) is 76.6 cm³/mol. The van der Waals surface area contributed by atoms with Crippen molar-refractivity contribution in [3.63, 3.8) is 0 Å². The summed E-state index contributed by atoms with van der Waals surface area (Å²) in [5.74, 6) is 0.0497. The summed E-state index contributed by atoms with van der Waals surface area (Å²) in [6, 6.07) is 5.75. The topological polar surface area (TPSA) is 70.4 Å². The lowest BCUT2D eigenvalue weighted by Crippen LogP contribution is -2.21. The molecule has 0 radical (unpaired) electrons. The van der Waals surface area contributed by atoms with E-state index in [2.05, 4.69) is 0 Å². The van der Waals surface area contributed by atoms with Gasteiger partial charge in [-0.1, -0.05) is 13.0 Å². The molecule has 108 valence electrons. The van der Waals surface area contributed by atoms with E-state index in [0.29, 0.717) is 24.7 Å². The number of hydrogen-bond acceptors (Lipinski definition) is 4. The van der Waals surface area contributed by atoms with Gasteiger partial charge < -0.3 is 14.9 Å². The van der Waals surface area contributed by atoms with E-state index >= 15 is 0 Å². The second kappa shape index (κ2) is 5.42. The Kier molecular flexibility index (Phi) is 3.63. The van der Waals surface area contributed by atoms with E-state index in [1.807, 2.05) is 25.1 Å². The van der Waals surface area contributed by atoms with Gasteiger partial charge in [0, 0.05) is 25.1 Å². The second-order valence-electron chi connectivity index (χ2n) is 5.40. The lowest BCUT2D eigenvalue weighted by molar-refractivity contribution is 0.181. The first-order chi connectivity index (χ1) is 9.70. The van der Waals surface area contributed by atoms with Crippen LogP contribution in [0.3, 0.4) is 0 Å². The normalized spacial score (nSPS) is 20.6. The molecule has 1 aliphatic heterocycles. The quantitative estimate of drug-likeness (QED) is 0.927. The summed E-state index contributed by atoms with van der Waals surface area (Å²) in [5, 5.41) is 0. The molecular weight excluding hydrogens is 256 g/mol. The van der Waals surface area contributed by atoms with E-state index in [1.165, 1.54) is 0 Å². The molecule has 3 rings (SSSR count). The third-order valence-electron chi connectivity index (χ3n) is 4.00. The zero-order valence-electron chi connectivity index (χ0n) is 11.7. The zero-order valence-corrected chi connectivity index (χ0v) is 11.7. The molecule has 2 N–H and O–H groups in total. The van der Waals surface area contributed by atoms with E-state index in [9.17, 15) is 4.79 Å². The number of benzene rings is 1. The van der Waals surface area contributed by atoms with Crippen molar-refractivity contribution in [2.24, 2.45) is 11.7 Å². The number of ether oxygens (including phenoxy) is 1. The molecule has 1 aromatic heterocycles. The number of nitrogens with two attached hydrogens (primary N) is 1. The van der Waals surface area contributed by atoms with Crippen LogP contribution in [0.25, 0.3) is 11.1 Å². The Hall–Kier alpha value is -1.59. The van der Waals surface area contributed by atoms with E-state index in [0.717, 1.165) is 30.5 Å². The number of aromatic nitrogens is 1. The molecule has 1 aromatic carbocycles. The highest BCUT2D eigenvalue weighted by atomic mass is 16.5. The minimum Gasteiger partial charge on any atom is -0.408 e. The summed E-state index contributed by atoms with van der Waals surface area (Å²) in [4.78, 5) is 11.8. The summed E-state index contributed by atoms with van der Waals surface area (Å²) < 4.78 is 12.4. The van der Waals surface area contributed by atoms with Crippen molar-refractivity contribution in [2.45, 2.75) is 32.4 Å². The standard InChI is InChI=1S/C15H20N2O3/c1-2-6-17-12-4-3-10(8-13(12)20-15(17)18)14(16)11-5-7-19-9-11/h3-4,8,11,14H,2,5-7,9,16H2,1H3. The molecule has 2 heterocycles. The number of hydrogen-bond donors (Lipinski definition) is 1. The van der Waals surface area contributed by atoms with Crippen LogP contribution in [0.5, 0.6) is 0 Å². The van der Waals surface area contributed by atoms with Crippen molar-refractivity contribution in [1.82, 2.24) is 4.57 Å². The van der Waals surface area contributed by atoms with Crippen molar-refractivity contribution in [1.29, 1.82) is 0 Å². The Balaban J connectivity index is 1.96. The number of oxazole rings is 1. The molecule has 2 atom stereocenters. The highest BCUT2D eigenvalue weighted by molar-refractivity contribution is 5.74. The number of fused-ring (bicyclic) bond motifs is 1. The lowest BCUT2D eigenvalue weighted by atomic mass is 9.93. The van der Waals surface area contributed by atoms with Gasteiger partial charge in [0.05, 0.1) is 12.1 Å². The van der Waals surface area contributed by atoms with Gasteiger partial charge in [-0.25, -0.2) is 4.79 Å². The largest absolute Gasteiger partial charge is 0.419 e. The van der Waals surface area contributed by atoms with Crippen molar-refractivity contribution in [3.8, 4) is 0 Å². The molecule has 2 unspecified atom stereocenters. The van der Waals surface area contributed by atoms with Crippen molar-refractivity contribution >= 4 is 11.1 Å². The average Bonchev–Trinajstić information content (AvgIpc) is 3.07. The average molecular weight is 276 g/mol. The van der Waals surface area contributed by atoms with Gasteiger partial charge in [0.25, 0.3) is 0 Å². The van der Waals surface area contributed by atoms with Crippen LogP contribution in [0.1, 0.15) is 31.4 Å². The molecule has 2 aromatic rings. The third-order valence-corrected chi connectivity index (χ3v) is 4.00. The molecule has 5 heteroatoms. The second-order valence-corrected chi connectivity index (χ2v) is 5.40. The van der Waals surface area contributed by atoms with Crippen LogP contribution < -0.4 is 11.5 Å². The van der Waals surface area contributed by atoms with E-state index in [1.54, 1.807) is 4.57 Å². The molecular formula is C15H20N2O3. The summed E-state index contributed by atoms with van der Waals surface area (Å²) in [6.07, 6.45) is 1.88. The summed E-state index contributed by atoms with van der Waals surface area (Å²) in [5.41, 5.74) is 8.76. The van der Waals surface area contributed by atoms with Crippen LogP contribution in [-0.4, -0.2) is 17.8 Å². The summed E-state index contributed by atoms with van der Waals surface area (Å²) >= 11 is 0. The van der Waals surface area contributed by atoms with Crippen LogP contribution in [0.15, 0.2) is 27.4 Å². The van der Waals surface area contributed by atoms with Crippen LogP contribution in [0, 0.1) is 5.92 Å². The zero-order chi connectivity index (χ0) is 14.1. The molecule has 0 aliphatic carbocycles. The van der Waals surface area contributed by atoms with Crippen molar-refractivity contribution in [3.05, 3.63) is 34.3 Å². The van der Waals surface area contributed by atoms with Gasteiger partial charge in [0.15, 0.2) is 5.58 Å². The van der Waals surface area contributed by atoms with Gasteiger partial charge >= 0.3 is 5.76 Å². The van der Waals surface area contributed by atoms with E-state index < -0.39 is 0 Å². The van der Waals surface area contributed by atoms with Crippen molar-refractivity contribution in [2.75, 3.05) is 13.2 Å². The molecule has 1 aliphatic rings. The van der Waals surface area contributed by atoms with Gasteiger partial charge in [-0.05, 0) is 30.5 Å². The Morgan fingerprint density at radius 2 is 2.35 bits per heavy atom. The molecule has 5 nitrogen and oxygen atoms in total. The van der Waals surface area contributed by atoms with Gasteiger partial charge in [-0.15, -0.1) is 0 Å². The SMILES string of the molecule is CCCn1c(=O)oc2cc(C(N)C3CCOC3)ccc21. The third kappa shape index (κ3) is 2.27. The van der Waals surface area contributed by atoms with Crippen LogP contribution in [0.2, 0.25) is 0 Å². The first-order valence-electron chi connectivity index (χ1n) is 7.17. The first-order valence-corrected chi connectivity index (χ1v) is 7.17. The molecule has 0 bridgehead atoms. The molecule has 20 heavy (non-hydrogen) atoms. The van der Waals surface area contributed by atoms with Gasteiger partial charge in [0.1, 0.15) is 0 Å². The maximum Gasteiger partial charge on any atom is 0.419 e. The number of rotatable bonds is 4. The smallest absolute Gasteiger partial charge is 0.408 e. The Morgan fingerprint density at radius 3 is 3.05 bits per heavy atom. The Morgan fingerprint density at radius 1 is 1.50 bits per heavy atom. The van der Waals surface area contributed by atoms with Crippen LogP contribution in [0.4, 0.5) is 0 Å². The maximum atomic E-state index is 11.8.